The minimum Gasteiger partial charge on any atom is -0.294 e. The van der Waals surface area contributed by atoms with Gasteiger partial charge in [-0.05, 0) is 36.5 Å². The van der Waals surface area contributed by atoms with Crippen LogP contribution in [0.3, 0.4) is 0 Å². The van der Waals surface area contributed by atoms with Gasteiger partial charge < -0.3 is 0 Å². The van der Waals surface area contributed by atoms with Crippen LogP contribution in [0.5, 0.6) is 0 Å². The lowest BCUT2D eigenvalue weighted by Gasteiger charge is -2.37. The van der Waals surface area contributed by atoms with Crippen LogP contribution >= 0.6 is 0 Å². The van der Waals surface area contributed by atoms with E-state index in [0.717, 1.165) is 13.0 Å². The van der Waals surface area contributed by atoms with E-state index in [9.17, 15) is 8.42 Å². The van der Waals surface area contributed by atoms with Gasteiger partial charge in [-0.3, -0.25) is 4.90 Å². The summed E-state index contributed by atoms with van der Waals surface area (Å²) in [6.07, 6.45) is 5.90. The van der Waals surface area contributed by atoms with Crippen molar-refractivity contribution in [2.45, 2.75) is 48.9 Å². The number of hydrogen-bond acceptors (Lipinski definition) is 3. The minimum absolute atomic E-state index is 0.0233. The second-order valence-electron chi connectivity index (χ2n) is 8.50. The Morgan fingerprint density at radius 1 is 1.04 bits per heavy atom. The summed E-state index contributed by atoms with van der Waals surface area (Å²) in [5, 5.41) is 0. The molecule has 3 nitrogen and oxygen atoms in total. The third kappa shape index (κ3) is 3.13. The molecule has 4 heteroatoms. The number of sulfone groups is 1. The first-order chi connectivity index (χ1) is 13.5. The van der Waals surface area contributed by atoms with Gasteiger partial charge in [0, 0.05) is 25.0 Å². The van der Waals surface area contributed by atoms with E-state index in [0.29, 0.717) is 23.8 Å². The Bertz CT molecular complexity index is 937. The summed E-state index contributed by atoms with van der Waals surface area (Å²) in [6.45, 7) is 5.82. The van der Waals surface area contributed by atoms with E-state index in [-0.39, 0.29) is 12.0 Å². The molecule has 2 aliphatic rings. The second kappa shape index (κ2) is 7.49. The normalized spacial score (nSPS) is 27.8. The van der Waals surface area contributed by atoms with Gasteiger partial charge in [0.15, 0.2) is 9.84 Å². The van der Waals surface area contributed by atoms with Gasteiger partial charge in [0.05, 0.1) is 9.64 Å². The van der Waals surface area contributed by atoms with Gasteiger partial charge in [0.2, 0.25) is 0 Å². The van der Waals surface area contributed by atoms with Crippen LogP contribution in [0.2, 0.25) is 0 Å². The van der Waals surface area contributed by atoms with Crippen LogP contribution in [0.4, 0.5) is 0 Å². The third-order valence-electron chi connectivity index (χ3n) is 6.45. The molecule has 1 saturated heterocycles. The molecule has 2 aromatic rings. The zero-order chi connectivity index (χ0) is 19.8. The van der Waals surface area contributed by atoms with Crippen LogP contribution < -0.4 is 0 Å². The number of fused-ring (bicyclic) bond motifs is 1. The molecule has 1 aliphatic carbocycles. The summed E-state index contributed by atoms with van der Waals surface area (Å²) >= 11 is 0. The average Bonchev–Trinajstić information content (AvgIpc) is 3.05. The molecule has 1 fully saturated rings. The molecule has 0 radical (unpaired) electrons. The van der Waals surface area contributed by atoms with Gasteiger partial charge in [-0.15, -0.1) is 0 Å². The summed E-state index contributed by atoms with van der Waals surface area (Å²) in [5.41, 5.74) is 1.24. The maximum absolute atomic E-state index is 13.9. The highest BCUT2D eigenvalue weighted by Gasteiger charge is 2.59. The van der Waals surface area contributed by atoms with E-state index in [4.69, 9.17) is 0 Å². The van der Waals surface area contributed by atoms with Gasteiger partial charge >= 0.3 is 0 Å². The number of nitrogens with zero attached hydrogens (tertiary/aromatic N) is 1. The molecule has 3 atom stereocenters. The molecule has 1 heterocycles. The van der Waals surface area contributed by atoms with E-state index < -0.39 is 14.6 Å². The Labute approximate surface area is 169 Å². The number of hydrogen-bond donors (Lipinski definition) is 0. The van der Waals surface area contributed by atoms with Crippen LogP contribution in [-0.4, -0.2) is 30.7 Å². The van der Waals surface area contributed by atoms with Crippen molar-refractivity contribution >= 4 is 9.84 Å². The van der Waals surface area contributed by atoms with Crippen molar-refractivity contribution in [3.63, 3.8) is 0 Å². The van der Waals surface area contributed by atoms with E-state index in [2.05, 4.69) is 55.2 Å². The molecule has 0 unspecified atom stereocenters. The quantitative estimate of drug-likeness (QED) is 0.688. The lowest BCUT2D eigenvalue weighted by Crippen LogP contribution is -2.47. The molecular weight excluding hydrogens is 366 g/mol. The predicted molar refractivity (Wildman–Crippen MR) is 114 cm³/mol. The first kappa shape index (κ1) is 19.4. The Morgan fingerprint density at radius 3 is 2.32 bits per heavy atom. The number of allylic oxidation sites excluding steroid dienone is 1. The molecule has 0 amide bonds. The van der Waals surface area contributed by atoms with Crippen molar-refractivity contribution in [2.24, 2.45) is 11.8 Å². The average molecular weight is 396 g/mol. The van der Waals surface area contributed by atoms with Crippen LogP contribution in [0.1, 0.15) is 32.3 Å². The van der Waals surface area contributed by atoms with E-state index in [1.807, 2.05) is 24.3 Å². The standard InChI is InChI=1S/C24H29NO2S/c1-19(2)23-22-15-9-10-16-24(22,28(26,27)21-13-7-4-8-14-21)18-25(23)17-20-11-5-3-6-12-20/h3-9,11-15,19,22-23H,10,16-18H2,1-2H3/t22-,23-,24-/m0/s1. The molecule has 0 spiro atoms. The maximum atomic E-state index is 13.9. The SMILES string of the molecule is CC(C)[C@H]1[C@@H]2C=CCC[C@]2(S(=O)(=O)c2ccccc2)CN1Cc1ccccc1. The molecule has 0 bridgehead atoms. The van der Waals surface area contributed by atoms with Crippen molar-refractivity contribution in [3.05, 3.63) is 78.4 Å². The lowest BCUT2D eigenvalue weighted by atomic mass is 9.79. The zero-order valence-corrected chi connectivity index (χ0v) is 17.5. The van der Waals surface area contributed by atoms with Gasteiger partial charge in [-0.25, -0.2) is 8.42 Å². The first-order valence-electron chi connectivity index (χ1n) is 10.2. The fourth-order valence-corrected chi connectivity index (χ4v) is 7.53. The highest BCUT2D eigenvalue weighted by molar-refractivity contribution is 7.93. The fraction of sp³-hybridized carbons (Fsp3) is 0.417. The van der Waals surface area contributed by atoms with Crippen molar-refractivity contribution < 1.29 is 8.42 Å². The maximum Gasteiger partial charge on any atom is 0.185 e. The lowest BCUT2D eigenvalue weighted by molar-refractivity contribution is 0.181. The van der Waals surface area contributed by atoms with Crippen molar-refractivity contribution in [1.82, 2.24) is 4.90 Å². The number of benzene rings is 2. The summed E-state index contributed by atoms with van der Waals surface area (Å²) < 4.78 is 27.0. The molecule has 4 rings (SSSR count). The van der Waals surface area contributed by atoms with Gasteiger partial charge in [-0.2, -0.15) is 0 Å². The molecule has 0 saturated carbocycles. The predicted octanol–water partition coefficient (Wildman–Crippen LogP) is 4.71. The molecule has 2 aromatic carbocycles. The molecule has 0 aromatic heterocycles. The van der Waals surface area contributed by atoms with E-state index in [1.54, 1.807) is 12.1 Å². The molecule has 28 heavy (non-hydrogen) atoms. The highest BCUT2D eigenvalue weighted by Crippen LogP contribution is 2.50. The first-order valence-corrected chi connectivity index (χ1v) is 11.7. The van der Waals surface area contributed by atoms with Crippen molar-refractivity contribution in [1.29, 1.82) is 0 Å². The van der Waals surface area contributed by atoms with Crippen LogP contribution in [0.15, 0.2) is 77.7 Å². The molecule has 0 N–H and O–H groups in total. The topological polar surface area (TPSA) is 37.4 Å². The molecule has 1 aliphatic heterocycles. The smallest absolute Gasteiger partial charge is 0.185 e. The van der Waals surface area contributed by atoms with Gasteiger partial charge in [0.25, 0.3) is 0 Å². The Hall–Kier alpha value is -1.91. The molecular formula is C24H29NO2S. The van der Waals surface area contributed by atoms with E-state index >= 15 is 0 Å². The Balaban J connectivity index is 1.78. The van der Waals surface area contributed by atoms with Crippen LogP contribution in [0, 0.1) is 11.8 Å². The number of rotatable bonds is 5. The monoisotopic (exact) mass is 395 g/mol. The Kier molecular flexibility index (Phi) is 5.19. The fourth-order valence-electron chi connectivity index (χ4n) is 5.25. The zero-order valence-electron chi connectivity index (χ0n) is 16.7. The van der Waals surface area contributed by atoms with E-state index in [1.165, 1.54) is 5.56 Å². The summed E-state index contributed by atoms with van der Waals surface area (Å²) in [6, 6.07) is 19.7. The van der Waals surface area contributed by atoms with Crippen LogP contribution in [0.25, 0.3) is 0 Å². The minimum atomic E-state index is -3.44. The largest absolute Gasteiger partial charge is 0.294 e. The van der Waals surface area contributed by atoms with Crippen LogP contribution in [-0.2, 0) is 16.4 Å². The highest BCUT2D eigenvalue weighted by atomic mass is 32.2. The van der Waals surface area contributed by atoms with Crippen molar-refractivity contribution in [2.75, 3.05) is 6.54 Å². The van der Waals surface area contributed by atoms with Gasteiger partial charge in [0.1, 0.15) is 0 Å². The summed E-state index contributed by atoms with van der Waals surface area (Å²) in [7, 11) is -3.44. The summed E-state index contributed by atoms with van der Waals surface area (Å²) in [4.78, 5) is 2.88. The van der Waals surface area contributed by atoms with Crippen molar-refractivity contribution in [3.8, 4) is 0 Å². The van der Waals surface area contributed by atoms with Gasteiger partial charge in [-0.1, -0.05) is 74.5 Å². The summed E-state index contributed by atoms with van der Waals surface area (Å²) in [5.74, 6) is 0.402. The molecule has 148 valence electrons. The Morgan fingerprint density at radius 2 is 1.68 bits per heavy atom. The third-order valence-corrected chi connectivity index (χ3v) is 9.01. The second-order valence-corrected chi connectivity index (χ2v) is 10.8. The number of likely N-dealkylation sites (tertiary alicyclic amines) is 1.